The summed E-state index contributed by atoms with van der Waals surface area (Å²) < 4.78 is 27.5. The molecule has 0 spiro atoms. The maximum absolute atomic E-state index is 12.4. The van der Waals surface area contributed by atoms with Gasteiger partial charge in [-0.05, 0) is 30.5 Å². The quantitative estimate of drug-likeness (QED) is 0.811. The molecule has 4 nitrogen and oxygen atoms in total. The molecule has 0 aliphatic rings. The smallest absolute Gasteiger partial charge is 0.242 e. The normalized spacial score (nSPS) is 12.2. The van der Waals surface area contributed by atoms with Gasteiger partial charge in [0.15, 0.2) is 0 Å². The molecule has 2 N–H and O–H groups in total. The first-order valence-corrected chi connectivity index (χ1v) is 9.91. The Labute approximate surface area is 134 Å². The molecule has 0 bridgehead atoms. The molecule has 21 heavy (non-hydrogen) atoms. The third kappa shape index (κ3) is 4.62. The van der Waals surface area contributed by atoms with E-state index in [1.807, 2.05) is 38.3 Å². The van der Waals surface area contributed by atoms with Gasteiger partial charge in [0.05, 0.1) is 4.90 Å². The summed E-state index contributed by atoms with van der Waals surface area (Å²) in [7, 11) is -3.46. The molecular formula is C14H20N2O2S3. The van der Waals surface area contributed by atoms with Crippen LogP contribution in [0.3, 0.4) is 0 Å². The molecule has 2 aromatic heterocycles. The number of hydrogen-bond donors (Lipinski definition) is 2. The number of hydrogen-bond acceptors (Lipinski definition) is 5. The minimum Gasteiger partial charge on any atom is -0.310 e. The molecule has 0 atom stereocenters. The highest BCUT2D eigenvalue weighted by molar-refractivity contribution is 7.89. The van der Waals surface area contributed by atoms with Crippen LogP contribution in [0.25, 0.3) is 0 Å². The summed E-state index contributed by atoms with van der Waals surface area (Å²) in [4.78, 5) is 3.43. The second kappa shape index (κ2) is 7.02. The van der Waals surface area contributed by atoms with E-state index < -0.39 is 10.0 Å². The van der Waals surface area contributed by atoms with Crippen LogP contribution in [0.5, 0.6) is 0 Å². The predicted octanol–water partition coefficient (Wildman–Crippen LogP) is 3.09. The van der Waals surface area contributed by atoms with Crippen LogP contribution in [0, 0.1) is 6.92 Å². The summed E-state index contributed by atoms with van der Waals surface area (Å²) in [5, 5.41) is 5.08. The fraction of sp³-hybridized carbons (Fsp3) is 0.429. The molecule has 0 fully saturated rings. The molecule has 0 aliphatic carbocycles. The molecule has 0 amide bonds. The molecular weight excluding hydrogens is 324 g/mol. The second-order valence-corrected chi connectivity index (χ2v) is 9.19. The highest BCUT2D eigenvalue weighted by Crippen LogP contribution is 2.23. The molecule has 0 unspecified atom stereocenters. The van der Waals surface area contributed by atoms with Crippen molar-refractivity contribution in [2.45, 2.75) is 44.8 Å². The Morgan fingerprint density at radius 1 is 1.19 bits per heavy atom. The summed E-state index contributed by atoms with van der Waals surface area (Å²) in [6, 6.07) is 5.95. The van der Waals surface area contributed by atoms with E-state index in [1.54, 1.807) is 17.4 Å². The third-order valence-electron chi connectivity index (χ3n) is 2.90. The lowest BCUT2D eigenvalue weighted by molar-refractivity contribution is 0.572. The predicted molar refractivity (Wildman–Crippen MR) is 89.4 cm³/mol. The van der Waals surface area contributed by atoms with Crippen molar-refractivity contribution in [1.82, 2.24) is 10.0 Å². The Bertz CT molecular complexity index is 687. The Morgan fingerprint density at radius 3 is 2.57 bits per heavy atom. The summed E-state index contributed by atoms with van der Waals surface area (Å²) in [5.41, 5.74) is 0. The molecule has 7 heteroatoms. The molecule has 0 aliphatic heterocycles. The van der Waals surface area contributed by atoms with Crippen LogP contribution in [-0.4, -0.2) is 14.5 Å². The Morgan fingerprint density at radius 2 is 1.95 bits per heavy atom. The van der Waals surface area contributed by atoms with Crippen LogP contribution in [0.1, 0.15) is 28.5 Å². The van der Waals surface area contributed by atoms with Crippen molar-refractivity contribution < 1.29 is 8.42 Å². The first-order valence-electron chi connectivity index (χ1n) is 6.73. The highest BCUT2D eigenvalue weighted by atomic mass is 32.2. The van der Waals surface area contributed by atoms with Crippen LogP contribution in [0.4, 0.5) is 0 Å². The lowest BCUT2D eigenvalue weighted by atomic mass is 10.4. The van der Waals surface area contributed by atoms with Crippen LogP contribution in [0.2, 0.25) is 0 Å². The average Bonchev–Trinajstić information content (AvgIpc) is 3.03. The summed E-state index contributed by atoms with van der Waals surface area (Å²) >= 11 is 3.07. The van der Waals surface area contributed by atoms with Gasteiger partial charge in [-0.3, -0.25) is 0 Å². The van der Waals surface area contributed by atoms with Crippen molar-refractivity contribution in [2.24, 2.45) is 0 Å². The highest BCUT2D eigenvalue weighted by Gasteiger charge is 2.19. The van der Waals surface area contributed by atoms with E-state index in [-0.39, 0.29) is 0 Å². The molecule has 0 saturated heterocycles. The van der Waals surface area contributed by atoms with Gasteiger partial charge in [-0.25, -0.2) is 13.1 Å². The zero-order valence-electron chi connectivity index (χ0n) is 12.3. The van der Waals surface area contributed by atoms with Crippen molar-refractivity contribution >= 4 is 32.7 Å². The van der Waals surface area contributed by atoms with Gasteiger partial charge in [0.2, 0.25) is 10.0 Å². The van der Waals surface area contributed by atoms with Gasteiger partial charge in [-0.15, -0.1) is 22.7 Å². The Hall–Kier alpha value is -0.730. The van der Waals surface area contributed by atoms with Gasteiger partial charge in [-0.1, -0.05) is 13.8 Å². The van der Waals surface area contributed by atoms with E-state index in [2.05, 4.69) is 10.0 Å². The fourth-order valence-corrected chi connectivity index (χ4v) is 5.14. The number of nitrogens with one attached hydrogen (secondary N) is 2. The molecule has 0 saturated carbocycles. The van der Waals surface area contributed by atoms with E-state index in [4.69, 9.17) is 0 Å². The van der Waals surface area contributed by atoms with Crippen molar-refractivity contribution in [3.63, 3.8) is 0 Å². The molecule has 116 valence electrons. The molecule has 2 aromatic rings. The van der Waals surface area contributed by atoms with Crippen LogP contribution >= 0.6 is 22.7 Å². The van der Waals surface area contributed by atoms with Crippen molar-refractivity contribution in [3.8, 4) is 0 Å². The summed E-state index contributed by atoms with van der Waals surface area (Å²) in [6.45, 7) is 7.01. The van der Waals surface area contributed by atoms with E-state index >= 15 is 0 Å². The summed E-state index contributed by atoms with van der Waals surface area (Å²) in [6.07, 6.45) is 0. The zero-order valence-corrected chi connectivity index (χ0v) is 14.8. The lowest BCUT2D eigenvalue weighted by Gasteiger charge is -2.10. The van der Waals surface area contributed by atoms with E-state index in [1.165, 1.54) is 16.2 Å². The van der Waals surface area contributed by atoms with Gasteiger partial charge in [0.1, 0.15) is 0 Å². The van der Waals surface area contributed by atoms with Crippen LogP contribution < -0.4 is 10.0 Å². The number of sulfonamides is 1. The Kier molecular flexibility index (Phi) is 5.56. The standard InChI is InChI=1S/C14H20N2O2S3/c1-10(2)15-9-13-14(6-7-19-13)21(17,18)16-8-12-5-4-11(3)20-12/h4-7,10,15-16H,8-9H2,1-3H3. The first kappa shape index (κ1) is 16.6. The monoisotopic (exact) mass is 344 g/mol. The average molecular weight is 345 g/mol. The maximum atomic E-state index is 12.4. The van der Waals surface area contributed by atoms with E-state index in [0.717, 1.165) is 9.75 Å². The van der Waals surface area contributed by atoms with Gasteiger partial charge >= 0.3 is 0 Å². The fourth-order valence-electron chi connectivity index (χ4n) is 1.82. The lowest BCUT2D eigenvalue weighted by Crippen LogP contribution is -2.26. The Balaban J connectivity index is 2.07. The molecule has 2 rings (SSSR count). The van der Waals surface area contributed by atoms with Gasteiger partial charge in [-0.2, -0.15) is 0 Å². The van der Waals surface area contributed by atoms with Crippen molar-refractivity contribution in [2.75, 3.05) is 0 Å². The molecule has 0 aromatic carbocycles. The second-order valence-electron chi connectivity index (χ2n) is 5.08. The topological polar surface area (TPSA) is 58.2 Å². The van der Waals surface area contributed by atoms with Gasteiger partial charge in [0, 0.05) is 33.8 Å². The van der Waals surface area contributed by atoms with Crippen molar-refractivity contribution in [1.29, 1.82) is 0 Å². The van der Waals surface area contributed by atoms with E-state index in [9.17, 15) is 8.42 Å². The molecule has 0 radical (unpaired) electrons. The number of aryl methyl sites for hydroxylation is 1. The van der Waals surface area contributed by atoms with Crippen molar-refractivity contribution in [3.05, 3.63) is 38.2 Å². The molecule has 2 heterocycles. The minimum absolute atomic E-state index is 0.324. The number of rotatable bonds is 7. The SMILES string of the molecule is Cc1ccc(CNS(=O)(=O)c2ccsc2CNC(C)C)s1. The van der Waals surface area contributed by atoms with E-state index in [0.29, 0.717) is 24.0 Å². The van der Waals surface area contributed by atoms with Gasteiger partial charge < -0.3 is 5.32 Å². The first-order chi connectivity index (χ1) is 9.88. The summed E-state index contributed by atoms with van der Waals surface area (Å²) in [5.74, 6) is 0. The van der Waals surface area contributed by atoms with Crippen LogP contribution in [0.15, 0.2) is 28.5 Å². The zero-order chi connectivity index (χ0) is 15.5. The maximum Gasteiger partial charge on any atom is 0.242 e. The third-order valence-corrected chi connectivity index (χ3v) is 6.43. The minimum atomic E-state index is -3.46. The number of thiophene rings is 2. The largest absolute Gasteiger partial charge is 0.310 e. The van der Waals surface area contributed by atoms with Crippen LogP contribution in [-0.2, 0) is 23.1 Å². The van der Waals surface area contributed by atoms with Gasteiger partial charge in [0.25, 0.3) is 0 Å².